The molecule has 6 rings (SSSR count). The predicted octanol–water partition coefficient (Wildman–Crippen LogP) is 3.99. The predicted molar refractivity (Wildman–Crippen MR) is 130 cm³/mol. The van der Waals surface area contributed by atoms with Crippen molar-refractivity contribution in [3.63, 3.8) is 0 Å². The Labute approximate surface area is 204 Å². The highest BCUT2D eigenvalue weighted by Crippen LogP contribution is 2.26. The van der Waals surface area contributed by atoms with Crippen LogP contribution in [0.1, 0.15) is 17.5 Å². The van der Waals surface area contributed by atoms with Crippen LogP contribution in [0.2, 0.25) is 5.02 Å². The summed E-state index contributed by atoms with van der Waals surface area (Å²) in [7, 11) is 0. The van der Waals surface area contributed by atoms with Crippen LogP contribution in [0.4, 0.5) is 5.69 Å². The Bertz CT molecular complexity index is 1630. The van der Waals surface area contributed by atoms with Crippen molar-refractivity contribution in [3.05, 3.63) is 87.4 Å². The van der Waals surface area contributed by atoms with Gasteiger partial charge in [0.15, 0.2) is 5.65 Å². The number of hydrogen-bond acceptors (Lipinski definition) is 6. The molecule has 0 atom stereocenters. The van der Waals surface area contributed by atoms with Crippen LogP contribution in [0, 0.1) is 0 Å². The van der Waals surface area contributed by atoms with Crippen molar-refractivity contribution in [1.82, 2.24) is 24.3 Å². The minimum absolute atomic E-state index is 0.209. The third-order valence-electron chi connectivity index (χ3n) is 6.04. The van der Waals surface area contributed by atoms with Crippen molar-refractivity contribution in [2.45, 2.75) is 25.8 Å². The van der Waals surface area contributed by atoms with E-state index in [0.717, 1.165) is 29.5 Å². The number of aryl methyl sites for hydroxylation is 2. The zero-order chi connectivity index (χ0) is 23.9. The molecule has 3 aromatic heterocycles. The number of nitrogens with zero attached hydrogens (tertiary/aromatic N) is 5. The van der Waals surface area contributed by atoms with E-state index in [9.17, 15) is 9.59 Å². The van der Waals surface area contributed by atoms with Gasteiger partial charge in [0.05, 0.1) is 5.56 Å². The third-order valence-corrected chi connectivity index (χ3v) is 6.30. The molecule has 0 aliphatic heterocycles. The van der Waals surface area contributed by atoms with Gasteiger partial charge >= 0.3 is 5.69 Å². The number of carbonyl (C=O) groups is 1. The molecule has 1 amide bonds. The lowest BCUT2D eigenvalue weighted by atomic mass is 10.1. The first kappa shape index (κ1) is 21.3. The Hall–Kier alpha value is -4.24. The van der Waals surface area contributed by atoms with Gasteiger partial charge in [-0.15, -0.1) is 5.10 Å². The summed E-state index contributed by atoms with van der Waals surface area (Å²) < 4.78 is 7.93. The first-order valence-electron chi connectivity index (χ1n) is 11.1. The number of hydrogen-bond donors (Lipinski definition) is 1. The van der Waals surface area contributed by atoms with Crippen LogP contribution in [0.15, 0.2) is 70.1 Å². The van der Waals surface area contributed by atoms with E-state index < -0.39 is 5.69 Å². The van der Waals surface area contributed by atoms with E-state index in [2.05, 4.69) is 20.6 Å². The van der Waals surface area contributed by atoms with Gasteiger partial charge in [0.1, 0.15) is 6.54 Å². The summed E-state index contributed by atoms with van der Waals surface area (Å²) in [5, 5.41) is 11.9. The van der Waals surface area contributed by atoms with Crippen molar-refractivity contribution >= 4 is 28.8 Å². The Morgan fingerprint density at radius 3 is 2.77 bits per heavy atom. The maximum Gasteiger partial charge on any atom is 0.350 e. The van der Waals surface area contributed by atoms with Crippen molar-refractivity contribution in [3.8, 4) is 22.8 Å². The van der Waals surface area contributed by atoms with Gasteiger partial charge in [0.25, 0.3) is 5.89 Å². The zero-order valence-corrected chi connectivity index (χ0v) is 19.2. The van der Waals surface area contributed by atoms with Crippen molar-refractivity contribution in [2.75, 3.05) is 5.32 Å². The number of fused-ring (bicyclic) bond motifs is 2. The summed E-state index contributed by atoms with van der Waals surface area (Å²) >= 11 is 5.95. The Morgan fingerprint density at radius 2 is 1.91 bits per heavy atom. The number of amides is 1. The van der Waals surface area contributed by atoms with E-state index in [-0.39, 0.29) is 18.3 Å². The molecule has 1 aliphatic rings. The van der Waals surface area contributed by atoms with Crippen molar-refractivity contribution in [2.24, 2.45) is 0 Å². The van der Waals surface area contributed by atoms with E-state index in [4.69, 9.17) is 16.1 Å². The quantitative estimate of drug-likeness (QED) is 0.402. The number of nitrogens with one attached hydrogen (secondary N) is 1. The molecule has 1 aliphatic carbocycles. The van der Waals surface area contributed by atoms with E-state index >= 15 is 0 Å². The van der Waals surface area contributed by atoms with Gasteiger partial charge in [-0.3, -0.25) is 4.79 Å². The summed E-state index contributed by atoms with van der Waals surface area (Å²) in [5.41, 5.74) is 4.39. The second-order valence-electron chi connectivity index (χ2n) is 8.37. The molecule has 1 N–H and O–H groups in total. The van der Waals surface area contributed by atoms with E-state index in [1.807, 2.05) is 18.2 Å². The molecule has 174 valence electrons. The number of carbonyl (C=O) groups excluding carboxylic acids is 1. The van der Waals surface area contributed by atoms with Gasteiger partial charge in [-0.25, -0.2) is 13.9 Å². The first-order chi connectivity index (χ1) is 17.0. The average molecular weight is 487 g/mol. The van der Waals surface area contributed by atoms with Gasteiger partial charge in [-0.1, -0.05) is 22.8 Å². The summed E-state index contributed by atoms with van der Waals surface area (Å²) in [6.45, 7) is -0.225. The van der Waals surface area contributed by atoms with Crippen LogP contribution in [-0.4, -0.2) is 30.2 Å². The lowest BCUT2D eigenvalue weighted by Crippen LogP contribution is -2.28. The Morgan fingerprint density at radius 1 is 1.09 bits per heavy atom. The second kappa shape index (κ2) is 8.52. The summed E-state index contributed by atoms with van der Waals surface area (Å²) in [6.07, 6.45) is 4.80. The monoisotopic (exact) mass is 486 g/mol. The highest BCUT2D eigenvalue weighted by Gasteiger charge is 2.19. The minimum Gasteiger partial charge on any atom is -0.333 e. The second-order valence-corrected chi connectivity index (χ2v) is 8.81. The molecule has 0 fully saturated rings. The van der Waals surface area contributed by atoms with E-state index in [0.29, 0.717) is 27.7 Å². The smallest absolute Gasteiger partial charge is 0.333 e. The zero-order valence-electron chi connectivity index (χ0n) is 18.4. The summed E-state index contributed by atoms with van der Waals surface area (Å²) in [5.74, 6) is 0.257. The molecular formula is C25H19ClN6O3. The fourth-order valence-corrected chi connectivity index (χ4v) is 4.47. The number of halogens is 1. The molecule has 9 nitrogen and oxygen atoms in total. The number of pyridine rings is 1. The van der Waals surface area contributed by atoms with E-state index in [1.165, 1.54) is 15.5 Å². The van der Waals surface area contributed by atoms with Gasteiger partial charge in [-0.05, 0) is 78.9 Å². The Kier molecular flexibility index (Phi) is 5.18. The SMILES string of the molecule is O=C(Cn1nc2c(-c3nc(-c4ccc(Cl)cc4)no3)cccn2c1=O)Nc1ccc2c(c1)CCC2. The average Bonchev–Trinajstić information content (AvgIpc) is 3.59. The van der Waals surface area contributed by atoms with Crippen LogP contribution < -0.4 is 11.0 Å². The molecule has 0 bridgehead atoms. The molecule has 0 unspecified atom stereocenters. The molecule has 0 spiro atoms. The van der Waals surface area contributed by atoms with Gasteiger partial charge in [0, 0.05) is 22.5 Å². The van der Waals surface area contributed by atoms with Crippen LogP contribution in [0.3, 0.4) is 0 Å². The maximum absolute atomic E-state index is 12.9. The fourth-order valence-electron chi connectivity index (χ4n) is 4.34. The molecule has 2 aromatic carbocycles. The number of anilines is 1. The Balaban J connectivity index is 1.27. The largest absolute Gasteiger partial charge is 0.350 e. The molecule has 5 aromatic rings. The van der Waals surface area contributed by atoms with Gasteiger partial charge < -0.3 is 9.84 Å². The lowest BCUT2D eigenvalue weighted by Gasteiger charge is -2.07. The number of aromatic nitrogens is 5. The normalized spacial score (nSPS) is 12.7. The summed E-state index contributed by atoms with van der Waals surface area (Å²) in [6, 6.07) is 16.4. The summed E-state index contributed by atoms with van der Waals surface area (Å²) in [4.78, 5) is 30.0. The topological polar surface area (TPSA) is 107 Å². The molecule has 0 saturated carbocycles. The van der Waals surface area contributed by atoms with Crippen LogP contribution >= 0.6 is 11.6 Å². The standard InChI is InChI=1S/C25H19ClN6O3/c26-18-9-6-16(7-10-18)22-28-24(35-30-22)20-5-2-12-31-23(20)29-32(25(31)34)14-21(33)27-19-11-8-15-3-1-4-17(15)13-19/h2,5-13H,1,3-4,14H2,(H,27,33). The highest BCUT2D eigenvalue weighted by atomic mass is 35.5. The van der Waals surface area contributed by atoms with Crippen LogP contribution in [0.5, 0.6) is 0 Å². The van der Waals surface area contributed by atoms with E-state index in [1.54, 1.807) is 42.6 Å². The van der Waals surface area contributed by atoms with Crippen molar-refractivity contribution in [1.29, 1.82) is 0 Å². The highest BCUT2D eigenvalue weighted by molar-refractivity contribution is 6.30. The van der Waals surface area contributed by atoms with Gasteiger partial charge in [0.2, 0.25) is 11.7 Å². The molecule has 0 radical (unpaired) electrons. The van der Waals surface area contributed by atoms with Crippen LogP contribution in [0.25, 0.3) is 28.5 Å². The third kappa shape index (κ3) is 4.00. The minimum atomic E-state index is -0.441. The van der Waals surface area contributed by atoms with Crippen molar-refractivity contribution < 1.29 is 9.32 Å². The molecule has 10 heteroatoms. The van der Waals surface area contributed by atoms with Gasteiger partial charge in [-0.2, -0.15) is 4.98 Å². The first-order valence-corrected chi connectivity index (χ1v) is 11.5. The number of rotatable bonds is 5. The van der Waals surface area contributed by atoms with Crippen LogP contribution in [-0.2, 0) is 24.2 Å². The molecule has 0 saturated heterocycles. The molecule has 3 heterocycles. The fraction of sp³-hybridized carbons (Fsp3) is 0.160. The lowest BCUT2D eigenvalue weighted by molar-refractivity contribution is -0.117. The maximum atomic E-state index is 12.9. The molecule has 35 heavy (non-hydrogen) atoms. The number of benzene rings is 2. The molecular weight excluding hydrogens is 468 g/mol.